The number of nitrogens with one attached hydrogen (secondary N) is 1. The number of likely N-dealkylation sites (tertiary alicyclic amines) is 1. The Bertz CT molecular complexity index is 1340. The van der Waals surface area contributed by atoms with E-state index in [1.165, 1.54) is 5.56 Å². The van der Waals surface area contributed by atoms with Crippen LogP contribution in [0.5, 0.6) is 5.88 Å². The average molecular weight is 460 g/mol. The Kier molecular flexibility index (Phi) is 6.09. The fourth-order valence-corrected chi connectivity index (χ4v) is 5.16. The first-order valence-corrected chi connectivity index (χ1v) is 11.9. The highest BCUT2D eigenvalue weighted by Gasteiger charge is 2.23. The molecule has 0 spiro atoms. The predicted octanol–water partition coefficient (Wildman–Crippen LogP) is 4.67. The number of nitrogens with zero attached hydrogens (tertiary/aromatic N) is 2. The number of aromatic hydroxyl groups is 1. The second-order valence-corrected chi connectivity index (χ2v) is 9.28. The van der Waals surface area contributed by atoms with Crippen LogP contribution in [0.25, 0.3) is 21.2 Å². The monoisotopic (exact) mass is 459 g/mol. The van der Waals surface area contributed by atoms with Crippen LogP contribution in [-0.4, -0.2) is 45.5 Å². The third-order valence-corrected chi connectivity index (χ3v) is 7.14. The minimum atomic E-state index is -0.329. The lowest BCUT2D eigenvalue weighted by Gasteiger charge is -2.22. The maximum absolute atomic E-state index is 12.4. The Hall–Kier alpha value is -3.26. The van der Waals surface area contributed by atoms with Gasteiger partial charge in [0.25, 0.3) is 5.56 Å². The number of benzene rings is 2. The molecule has 1 atom stereocenters. The average Bonchev–Trinajstić information content (AvgIpc) is 3.52. The summed E-state index contributed by atoms with van der Waals surface area (Å²) in [6.45, 7) is 2.02. The van der Waals surface area contributed by atoms with Crippen LogP contribution in [0.15, 0.2) is 69.8 Å². The maximum Gasteiger partial charge on any atom is 0.258 e. The van der Waals surface area contributed by atoms with Crippen molar-refractivity contribution < 1.29 is 10.2 Å². The molecule has 4 aromatic rings. The zero-order valence-electron chi connectivity index (χ0n) is 18.1. The number of aromatic nitrogens is 1. The highest BCUT2D eigenvalue weighted by atomic mass is 32.1. The normalized spacial score (nSPS) is 16.8. The predicted molar refractivity (Wildman–Crippen MR) is 134 cm³/mol. The zero-order valence-corrected chi connectivity index (χ0v) is 18.9. The van der Waals surface area contributed by atoms with E-state index in [2.05, 4.69) is 14.9 Å². The number of hydrogen-bond donors (Lipinski definition) is 3. The van der Waals surface area contributed by atoms with Crippen molar-refractivity contribution >= 4 is 34.0 Å². The van der Waals surface area contributed by atoms with Gasteiger partial charge in [-0.25, -0.2) is 0 Å². The summed E-state index contributed by atoms with van der Waals surface area (Å²) in [4.78, 5) is 22.9. The molecular weight excluding hydrogens is 434 g/mol. The van der Waals surface area contributed by atoms with Crippen molar-refractivity contribution in [3.63, 3.8) is 0 Å². The van der Waals surface area contributed by atoms with Gasteiger partial charge in [0.05, 0.1) is 17.9 Å². The van der Waals surface area contributed by atoms with Crippen LogP contribution >= 0.6 is 11.3 Å². The van der Waals surface area contributed by atoms with Gasteiger partial charge in [0.2, 0.25) is 5.88 Å². The van der Waals surface area contributed by atoms with Crippen LogP contribution < -0.4 is 5.56 Å². The van der Waals surface area contributed by atoms with Gasteiger partial charge in [-0.15, -0.1) is 11.3 Å². The van der Waals surface area contributed by atoms with Crippen molar-refractivity contribution in [1.82, 2.24) is 9.88 Å². The van der Waals surface area contributed by atoms with Crippen LogP contribution in [-0.2, 0) is 6.54 Å². The number of rotatable bonds is 6. The lowest BCUT2D eigenvalue weighted by Crippen LogP contribution is -2.31. The number of fused-ring (bicyclic) bond motifs is 1. The Labute approximate surface area is 195 Å². The van der Waals surface area contributed by atoms with E-state index in [9.17, 15) is 15.0 Å². The number of hydrogen-bond acceptors (Lipinski definition) is 6. The Morgan fingerprint density at radius 3 is 2.76 bits per heavy atom. The maximum atomic E-state index is 12.4. The van der Waals surface area contributed by atoms with Gasteiger partial charge < -0.3 is 10.2 Å². The second-order valence-electron chi connectivity index (χ2n) is 8.33. The van der Waals surface area contributed by atoms with Gasteiger partial charge in [0, 0.05) is 34.5 Å². The summed E-state index contributed by atoms with van der Waals surface area (Å²) in [5.74, 6) is -0.194. The van der Waals surface area contributed by atoms with Crippen LogP contribution in [0.3, 0.4) is 0 Å². The van der Waals surface area contributed by atoms with Gasteiger partial charge in [-0.1, -0.05) is 24.3 Å². The molecule has 1 saturated heterocycles. The van der Waals surface area contributed by atoms with Crippen LogP contribution in [0.4, 0.5) is 5.69 Å². The molecule has 7 heteroatoms. The Morgan fingerprint density at radius 2 is 2.00 bits per heavy atom. The van der Waals surface area contributed by atoms with E-state index >= 15 is 0 Å². The summed E-state index contributed by atoms with van der Waals surface area (Å²) < 4.78 is 0. The fourth-order valence-electron chi connectivity index (χ4n) is 4.43. The molecule has 1 aliphatic heterocycles. The molecule has 0 saturated carbocycles. The highest BCUT2D eigenvalue weighted by Crippen LogP contribution is 2.30. The molecule has 0 bridgehead atoms. The van der Waals surface area contributed by atoms with Crippen LogP contribution in [0, 0.1) is 0 Å². The van der Waals surface area contributed by atoms with Crippen molar-refractivity contribution in [2.24, 2.45) is 4.99 Å². The molecule has 3 heterocycles. The molecule has 0 amide bonds. The minimum absolute atomic E-state index is 0.194. The lowest BCUT2D eigenvalue weighted by atomic mass is 10.0. The van der Waals surface area contributed by atoms with Gasteiger partial charge in [-0.05, 0) is 66.2 Å². The summed E-state index contributed by atoms with van der Waals surface area (Å²) in [7, 11) is 0. The van der Waals surface area contributed by atoms with Crippen LogP contribution in [0.2, 0.25) is 0 Å². The molecule has 5 rings (SSSR count). The van der Waals surface area contributed by atoms with E-state index in [1.54, 1.807) is 23.6 Å². The minimum Gasteiger partial charge on any atom is -0.494 e. The summed E-state index contributed by atoms with van der Waals surface area (Å²) in [5.41, 5.74) is 3.07. The quantitative estimate of drug-likeness (QED) is 0.366. The molecule has 2 aromatic carbocycles. The molecule has 6 nitrogen and oxygen atoms in total. The Balaban J connectivity index is 1.43. The highest BCUT2D eigenvalue weighted by molar-refractivity contribution is 7.13. The molecule has 2 aromatic heterocycles. The first kappa shape index (κ1) is 21.6. The SMILES string of the molecule is O=c1[nH]c(O)c(C=Nc2ccc(CN3CCC[C@H]3CO)cc2)c2cc(-c3cccs3)ccc12. The summed E-state index contributed by atoms with van der Waals surface area (Å²) in [6, 6.07) is 17.9. The molecule has 33 heavy (non-hydrogen) atoms. The number of aliphatic hydroxyl groups excluding tert-OH is 1. The van der Waals surface area contributed by atoms with E-state index in [0.29, 0.717) is 16.3 Å². The van der Waals surface area contributed by atoms with Gasteiger partial charge in [0.1, 0.15) is 0 Å². The van der Waals surface area contributed by atoms with E-state index in [1.807, 2.05) is 53.9 Å². The van der Waals surface area contributed by atoms with Crippen molar-refractivity contribution in [3.8, 4) is 16.3 Å². The first-order valence-electron chi connectivity index (χ1n) is 11.0. The first-order chi connectivity index (χ1) is 16.1. The number of H-pyrrole nitrogens is 1. The molecule has 1 aliphatic rings. The van der Waals surface area contributed by atoms with E-state index in [0.717, 1.165) is 42.1 Å². The molecule has 3 N–H and O–H groups in total. The third kappa shape index (κ3) is 4.48. The second kappa shape index (κ2) is 9.31. The van der Waals surface area contributed by atoms with Gasteiger partial charge in [0.15, 0.2) is 0 Å². The van der Waals surface area contributed by atoms with Crippen molar-refractivity contribution in [1.29, 1.82) is 0 Å². The number of pyridine rings is 1. The molecule has 168 valence electrons. The summed E-state index contributed by atoms with van der Waals surface area (Å²) in [5, 5.41) is 23.2. The van der Waals surface area contributed by atoms with Crippen LogP contribution in [0.1, 0.15) is 24.0 Å². The lowest BCUT2D eigenvalue weighted by molar-refractivity contribution is 0.153. The Morgan fingerprint density at radius 1 is 1.15 bits per heavy atom. The summed E-state index contributed by atoms with van der Waals surface area (Å²) >= 11 is 1.62. The largest absolute Gasteiger partial charge is 0.494 e. The van der Waals surface area contributed by atoms with Crippen molar-refractivity contribution in [2.75, 3.05) is 13.2 Å². The fraction of sp³-hybridized carbons (Fsp3) is 0.231. The number of aromatic amines is 1. The molecule has 0 unspecified atom stereocenters. The number of aliphatic imine (C=N–C) groups is 1. The van der Waals surface area contributed by atoms with E-state index in [-0.39, 0.29) is 24.1 Å². The third-order valence-electron chi connectivity index (χ3n) is 6.22. The molecule has 0 radical (unpaired) electrons. The molecule has 0 aliphatic carbocycles. The van der Waals surface area contributed by atoms with Crippen molar-refractivity contribution in [3.05, 3.63) is 81.5 Å². The molecule has 1 fully saturated rings. The summed E-state index contributed by atoms with van der Waals surface area (Å²) in [6.07, 6.45) is 3.77. The number of thiophene rings is 1. The van der Waals surface area contributed by atoms with Gasteiger partial charge >= 0.3 is 0 Å². The smallest absolute Gasteiger partial charge is 0.258 e. The number of aliphatic hydroxyl groups is 1. The van der Waals surface area contributed by atoms with E-state index in [4.69, 9.17) is 0 Å². The van der Waals surface area contributed by atoms with Crippen molar-refractivity contribution in [2.45, 2.75) is 25.4 Å². The van der Waals surface area contributed by atoms with Gasteiger partial charge in [-0.2, -0.15) is 0 Å². The van der Waals surface area contributed by atoms with Gasteiger partial charge in [-0.3, -0.25) is 19.7 Å². The molecular formula is C26H25N3O3S. The topological polar surface area (TPSA) is 88.9 Å². The van der Waals surface area contributed by atoms with E-state index < -0.39 is 0 Å². The standard InChI is InChI=1S/C26H25N3O3S/c30-16-20-3-1-11-29(20)15-17-5-8-19(9-6-17)27-14-23-22-13-18(24-4-2-12-33-24)7-10-21(22)25(31)28-26(23)32/h2,4-10,12-14,20,30H,1,3,11,15-16H2,(H2,28,31,32)/t20-/m0/s1. The zero-order chi connectivity index (χ0) is 22.8.